The van der Waals surface area contributed by atoms with E-state index < -0.39 is 23.1 Å². The summed E-state index contributed by atoms with van der Waals surface area (Å²) in [4.78, 5) is 22.9. The number of aliphatic carboxylic acids is 1. The van der Waals surface area contributed by atoms with Crippen LogP contribution in [0.15, 0.2) is 16.6 Å². The highest BCUT2D eigenvalue weighted by molar-refractivity contribution is 9.10. The predicted octanol–water partition coefficient (Wildman–Crippen LogP) is 2.70. The van der Waals surface area contributed by atoms with Gasteiger partial charge in [0.2, 0.25) is 5.91 Å². The molecule has 1 fully saturated rings. The zero-order valence-electron chi connectivity index (χ0n) is 9.59. The van der Waals surface area contributed by atoms with Crippen molar-refractivity contribution in [3.8, 4) is 0 Å². The van der Waals surface area contributed by atoms with Crippen molar-refractivity contribution in [3.63, 3.8) is 0 Å². The van der Waals surface area contributed by atoms with E-state index in [0.717, 1.165) is 0 Å². The first kappa shape index (κ1) is 13.0. The number of carboxylic acids is 1. The Kier molecular flexibility index (Phi) is 3.14. The van der Waals surface area contributed by atoms with Crippen molar-refractivity contribution in [3.05, 3.63) is 28.0 Å². The van der Waals surface area contributed by atoms with E-state index >= 15 is 0 Å². The quantitative estimate of drug-likeness (QED) is 0.843. The monoisotopic (exact) mass is 315 g/mol. The molecule has 6 heteroatoms. The minimum Gasteiger partial charge on any atom is -0.480 e. The second kappa shape index (κ2) is 4.35. The molecule has 0 spiro atoms. The summed E-state index contributed by atoms with van der Waals surface area (Å²) in [7, 11) is 0. The number of carbonyl (C=O) groups excluding carboxylic acids is 1. The van der Waals surface area contributed by atoms with Crippen LogP contribution in [-0.4, -0.2) is 17.0 Å². The minimum atomic E-state index is -1.30. The number of hydrogen-bond acceptors (Lipinski definition) is 2. The van der Waals surface area contributed by atoms with Crippen molar-refractivity contribution in [2.45, 2.75) is 19.8 Å². The predicted molar refractivity (Wildman–Crippen MR) is 66.8 cm³/mol. The molecule has 0 heterocycles. The van der Waals surface area contributed by atoms with Gasteiger partial charge in [0.05, 0.1) is 4.47 Å². The minimum absolute atomic E-state index is 0.226. The van der Waals surface area contributed by atoms with E-state index in [4.69, 9.17) is 5.11 Å². The highest BCUT2D eigenvalue weighted by Gasteiger charge is 2.57. The average molecular weight is 316 g/mol. The van der Waals surface area contributed by atoms with Crippen LogP contribution < -0.4 is 5.32 Å². The van der Waals surface area contributed by atoms with E-state index in [1.807, 2.05) is 0 Å². The van der Waals surface area contributed by atoms with Gasteiger partial charge in [0.1, 0.15) is 11.2 Å². The highest BCUT2D eigenvalue weighted by Crippen LogP contribution is 2.47. The summed E-state index contributed by atoms with van der Waals surface area (Å²) in [5, 5.41) is 11.5. The van der Waals surface area contributed by atoms with Crippen LogP contribution in [0.4, 0.5) is 10.1 Å². The Morgan fingerprint density at radius 3 is 2.56 bits per heavy atom. The third-order valence-corrected chi connectivity index (χ3v) is 3.72. The molecule has 4 nitrogen and oxygen atoms in total. The molecule has 0 radical (unpaired) electrons. The molecule has 18 heavy (non-hydrogen) atoms. The SMILES string of the molecule is Cc1cc(F)c(Br)cc1NC(=O)C1(C(=O)O)CC1. The number of hydrogen-bond donors (Lipinski definition) is 2. The van der Waals surface area contributed by atoms with Gasteiger partial charge >= 0.3 is 5.97 Å². The molecule has 2 N–H and O–H groups in total. The molecule has 0 unspecified atom stereocenters. The fourth-order valence-electron chi connectivity index (χ4n) is 1.69. The molecular weight excluding hydrogens is 305 g/mol. The molecule has 96 valence electrons. The van der Waals surface area contributed by atoms with Crippen LogP contribution in [0.25, 0.3) is 0 Å². The van der Waals surface area contributed by atoms with Gasteiger partial charge in [-0.25, -0.2) is 4.39 Å². The van der Waals surface area contributed by atoms with Gasteiger partial charge in [0.25, 0.3) is 0 Å². The van der Waals surface area contributed by atoms with Crippen LogP contribution in [0.1, 0.15) is 18.4 Å². The molecule has 1 aromatic rings. The Bertz CT molecular complexity index is 540. The molecule has 0 bridgehead atoms. The van der Waals surface area contributed by atoms with E-state index in [9.17, 15) is 14.0 Å². The summed E-state index contributed by atoms with van der Waals surface area (Å²) in [6, 6.07) is 2.71. The molecule has 0 aromatic heterocycles. The lowest BCUT2D eigenvalue weighted by molar-refractivity contribution is -0.147. The largest absolute Gasteiger partial charge is 0.480 e. The Hall–Kier alpha value is -1.43. The number of benzene rings is 1. The zero-order chi connectivity index (χ0) is 13.5. The van der Waals surface area contributed by atoms with Crippen molar-refractivity contribution in [1.82, 2.24) is 0 Å². The van der Waals surface area contributed by atoms with Crippen molar-refractivity contribution in [2.75, 3.05) is 5.32 Å². The molecule has 1 amide bonds. The van der Waals surface area contributed by atoms with Crippen LogP contribution in [0.2, 0.25) is 0 Å². The van der Waals surface area contributed by atoms with E-state index in [0.29, 0.717) is 24.1 Å². The standard InChI is InChI=1S/C12H11BrFNO3/c1-6-4-8(14)7(13)5-9(6)15-10(16)12(2-3-12)11(17)18/h4-5H,2-3H2,1H3,(H,15,16)(H,17,18). The topological polar surface area (TPSA) is 66.4 Å². The number of anilines is 1. The normalized spacial score (nSPS) is 16.2. The number of carboxylic acid groups (broad SMARTS) is 1. The third-order valence-electron chi connectivity index (χ3n) is 3.11. The molecule has 0 saturated heterocycles. The van der Waals surface area contributed by atoms with Gasteiger partial charge in [-0.1, -0.05) is 0 Å². The van der Waals surface area contributed by atoms with Gasteiger partial charge in [-0.15, -0.1) is 0 Å². The van der Waals surface area contributed by atoms with Gasteiger partial charge in [0.15, 0.2) is 0 Å². The Morgan fingerprint density at radius 1 is 1.44 bits per heavy atom. The molecule has 1 aliphatic carbocycles. The number of halogens is 2. The zero-order valence-corrected chi connectivity index (χ0v) is 11.2. The fraction of sp³-hybridized carbons (Fsp3) is 0.333. The maximum absolute atomic E-state index is 13.2. The molecule has 0 aliphatic heterocycles. The van der Waals surface area contributed by atoms with Crippen molar-refractivity contribution in [1.29, 1.82) is 0 Å². The summed E-state index contributed by atoms with van der Waals surface area (Å²) in [5.41, 5.74) is -0.334. The first-order valence-electron chi connectivity index (χ1n) is 5.37. The van der Waals surface area contributed by atoms with Crippen LogP contribution in [-0.2, 0) is 9.59 Å². The first-order chi connectivity index (χ1) is 8.36. The van der Waals surface area contributed by atoms with Crippen molar-refractivity contribution < 1.29 is 19.1 Å². The Labute approximate surface area is 111 Å². The second-order valence-electron chi connectivity index (χ2n) is 4.42. The molecule has 0 atom stereocenters. The first-order valence-corrected chi connectivity index (χ1v) is 6.16. The summed E-state index contributed by atoms with van der Waals surface area (Å²) in [6.07, 6.45) is 0.686. The summed E-state index contributed by atoms with van der Waals surface area (Å²) in [5.74, 6) is -2.08. The van der Waals surface area contributed by atoms with Gasteiger partial charge in [-0.05, 0) is 53.4 Å². The summed E-state index contributed by atoms with van der Waals surface area (Å²) in [6.45, 7) is 1.64. The van der Waals surface area contributed by atoms with Crippen molar-refractivity contribution >= 4 is 33.5 Å². The van der Waals surface area contributed by atoms with Crippen LogP contribution in [0.5, 0.6) is 0 Å². The Balaban J connectivity index is 2.23. The molecule has 1 aliphatic rings. The highest BCUT2D eigenvalue weighted by atomic mass is 79.9. The number of amides is 1. The lowest BCUT2D eigenvalue weighted by Crippen LogP contribution is -2.31. The van der Waals surface area contributed by atoms with E-state index in [2.05, 4.69) is 21.2 Å². The number of aryl methyl sites for hydroxylation is 1. The average Bonchev–Trinajstić information content (AvgIpc) is 3.06. The lowest BCUT2D eigenvalue weighted by Gasteiger charge is -2.13. The Morgan fingerprint density at radius 2 is 2.06 bits per heavy atom. The lowest BCUT2D eigenvalue weighted by atomic mass is 10.1. The second-order valence-corrected chi connectivity index (χ2v) is 5.28. The molecular formula is C12H11BrFNO3. The summed E-state index contributed by atoms with van der Waals surface area (Å²) >= 11 is 3.02. The van der Waals surface area contributed by atoms with Gasteiger partial charge in [-0.2, -0.15) is 0 Å². The molecule has 1 aromatic carbocycles. The maximum atomic E-state index is 13.2. The smallest absolute Gasteiger partial charge is 0.319 e. The number of carbonyl (C=O) groups is 2. The molecule has 2 rings (SSSR count). The van der Waals surface area contributed by atoms with Gasteiger partial charge in [-0.3, -0.25) is 9.59 Å². The van der Waals surface area contributed by atoms with Crippen LogP contribution >= 0.6 is 15.9 Å². The van der Waals surface area contributed by atoms with Crippen molar-refractivity contribution in [2.24, 2.45) is 5.41 Å². The number of rotatable bonds is 3. The maximum Gasteiger partial charge on any atom is 0.319 e. The fourth-order valence-corrected chi connectivity index (χ4v) is 2.03. The molecule has 1 saturated carbocycles. The van der Waals surface area contributed by atoms with Gasteiger partial charge in [0, 0.05) is 5.69 Å². The third kappa shape index (κ3) is 2.12. The van der Waals surface area contributed by atoms with Crippen LogP contribution in [0, 0.1) is 18.2 Å². The van der Waals surface area contributed by atoms with Crippen LogP contribution in [0.3, 0.4) is 0 Å². The van der Waals surface area contributed by atoms with E-state index in [-0.39, 0.29) is 4.47 Å². The van der Waals surface area contributed by atoms with Gasteiger partial charge < -0.3 is 10.4 Å². The van der Waals surface area contributed by atoms with E-state index in [1.165, 1.54) is 12.1 Å². The summed E-state index contributed by atoms with van der Waals surface area (Å²) < 4.78 is 13.4. The number of nitrogens with one attached hydrogen (secondary N) is 1. The van der Waals surface area contributed by atoms with E-state index in [1.54, 1.807) is 6.92 Å².